The van der Waals surface area contributed by atoms with E-state index in [0.717, 1.165) is 32.3 Å². The van der Waals surface area contributed by atoms with Crippen molar-refractivity contribution in [3.8, 4) is 0 Å². The van der Waals surface area contributed by atoms with Crippen molar-refractivity contribution in [1.29, 1.82) is 0 Å². The minimum absolute atomic E-state index is 0.0716. The number of rotatable bonds is 5. The standard InChI is InChI=1S/C17H23NO6/c19-16(14-4-5-15(24-14)17(20)21)18-8-6-12(7-9-18)23-11-13-3-1-2-10-22-13/h4-5,12-13H,1-3,6-11H2,(H,20,21). The third-order valence-electron chi connectivity index (χ3n) is 4.55. The Morgan fingerprint density at radius 1 is 1.17 bits per heavy atom. The second-order valence-electron chi connectivity index (χ2n) is 6.28. The van der Waals surface area contributed by atoms with Crippen LogP contribution in [0.5, 0.6) is 0 Å². The molecule has 2 aliphatic heterocycles. The predicted molar refractivity (Wildman–Crippen MR) is 84.1 cm³/mol. The van der Waals surface area contributed by atoms with Crippen LogP contribution in [0, 0.1) is 0 Å². The van der Waals surface area contributed by atoms with Crippen molar-refractivity contribution in [3.05, 3.63) is 23.7 Å². The first kappa shape index (κ1) is 17.0. The van der Waals surface area contributed by atoms with Gasteiger partial charge in [-0.2, -0.15) is 0 Å². The number of aromatic carboxylic acids is 1. The molecule has 1 unspecified atom stereocenters. The Morgan fingerprint density at radius 3 is 2.54 bits per heavy atom. The van der Waals surface area contributed by atoms with E-state index in [9.17, 15) is 9.59 Å². The number of hydrogen-bond donors (Lipinski definition) is 1. The maximum absolute atomic E-state index is 12.3. The summed E-state index contributed by atoms with van der Waals surface area (Å²) in [6.07, 6.45) is 5.27. The number of carbonyl (C=O) groups excluding carboxylic acids is 1. The Morgan fingerprint density at radius 2 is 1.92 bits per heavy atom. The summed E-state index contributed by atoms with van der Waals surface area (Å²) in [6.45, 7) is 2.61. The van der Waals surface area contributed by atoms with Crippen molar-refractivity contribution in [1.82, 2.24) is 4.90 Å². The molecule has 0 spiro atoms. The Balaban J connectivity index is 1.43. The zero-order valence-electron chi connectivity index (χ0n) is 13.6. The Hall–Kier alpha value is -1.86. The van der Waals surface area contributed by atoms with E-state index in [1.807, 2.05) is 0 Å². The van der Waals surface area contributed by atoms with Crippen LogP contribution in [0.2, 0.25) is 0 Å². The monoisotopic (exact) mass is 337 g/mol. The Kier molecular flexibility index (Phi) is 5.52. The normalized spacial score (nSPS) is 22.5. The summed E-state index contributed by atoms with van der Waals surface area (Å²) in [5, 5.41) is 8.85. The SMILES string of the molecule is O=C(O)c1ccc(C(=O)N2CCC(OCC3CCCCO3)CC2)o1. The summed E-state index contributed by atoms with van der Waals surface area (Å²) in [5.74, 6) is -1.59. The molecule has 7 nitrogen and oxygen atoms in total. The predicted octanol–water partition coefficient (Wildman–Crippen LogP) is 2.17. The van der Waals surface area contributed by atoms with Crippen molar-refractivity contribution in [2.75, 3.05) is 26.3 Å². The first-order valence-corrected chi connectivity index (χ1v) is 8.49. The Bertz CT molecular complexity index is 569. The van der Waals surface area contributed by atoms with Crippen LogP contribution in [-0.4, -0.2) is 60.4 Å². The highest BCUT2D eigenvalue weighted by molar-refractivity contribution is 5.93. The van der Waals surface area contributed by atoms with Crippen LogP contribution in [0.3, 0.4) is 0 Å². The molecule has 3 heterocycles. The molecule has 0 aliphatic carbocycles. The highest BCUT2D eigenvalue weighted by atomic mass is 16.5. The number of carbonyl (C=O) groups is 2. The molecule has 2 aliphatic rings. The molecule has 0 radical (unpaired) electrons. The van der Waals surface area contributed by atoms with Gasteiger partial charge in [0, 0.05) is 19.7 Å². The van der Waals surface area contributed by atoms with Crippen molar-refractivity contribution >= 4 is 11.9 Å². The van der Waals surface area contributed by atoms with Crippen LogP contribution in [0.15, 0.2) is 16.5 Å². The largest absolute Gasteiger partial charge is 0.475 e. The van der Waals surface area contributed by atoms with E-state index in [2.05, 4.69) is 0 Å². The first-order chi connectivity index (χ1) is 11.6. The molecular formula is C17H23NO6. The number of likely N-dealkylation sites (tertiary alicyclic amines) is 1. The van der Waals surface area contributed by atoms with E-state index in [-0.39, 0.29) is 29.6 Å². The summed E-state index contributed by atoms with van der Waals surface area (Å²) in [7, 11) is 0. The average Bonchev–Trinajstić information content (AvgIpc) is 3.11. The molecule has 1 N–H and O–H groups in total. The molecular weight excluding hydrogens is 314 g/mol. The van der Waals surface area contributed by atoms with Gasteiger partial charge in [0.25, 0.3) is 5.91 Å². The number of piperidine rings is 1. The second kappa shape index (κ2) is 7.81. The number of carboxylic acids is 1. The van der Waals surface area contributed by atoms with Gasteiger partial charge in [0.05, 0.1) is 18.8 Å². The topological polar surface area (TPSA) is 89.2 Å². The van der Waals surface area contributed by atoms with Crippen LogP contribution >= 0.6 is 0 Å². The van der Waals surface area contributed by atoms with E-state index in [4.69, 9.17) is 19.0 Å². The zero-order valence-corrected chi connectivity index (χ0v) is 13.6. The first-order valence-electron chi connectivity index (χ1n) is 8.49. The van der Waals surface area contributed by atoms with Gasteiger partial charge >= 0.3 is 5.97 Å². The molecule has 1 atom stereocenters. The van der Waals surface area contributed by atoms with Crippen molar-refractivity contribution in [3.63, 3.8) is 0 Å². The maximum Gasteiger partial charge on any atom is 0.371 e. The Labute approximate surface area is 140 Å². The van der Waals surface area contributed by atoms with Crippen molar-refractivity contribution in [2.45, 2.75) is 44.3 Å². The van der Waals surface area contributed by atoms with Crippen LogP contribution in [0.25, 0.3) is 0 Å². The third-order valence-corrected chi connectivity index (χ3v) is 4.55. The molecule has 0 saturated carbocycles. The average molecular weight is 337 g/mol. The summed E-state index contributed by atoms with van der Waals surface area (Å²) < 4.78 is 16.7. The fourth-order valence-corrected chi connectivity index (χ4v) is 3.13. The quantitative estimate of drug-likeness (QED) is 0.886. The molecule has 132 valence electrons. The molecule has 1 aromatic heterocycles. The highest BCUT2D eigenvalue weighted by Crippen LogP contribution is 2.20. The van der Waals surface area contributed by atoms with Gasteiger partial charge in [0.1, 0.15) is 0 Å². The number of hydrogen-bond acceptors (Lipinski definition) is 5. The molecule has 1 amide bonds. The summed E-state index contributed by atoms with van der Waals surface area (Å²) in [5.41, 5.74) is 0. The molecule has 0 aromatic carbocycles. The van der Waals surface area contributed by atoms with E-state index >= 15 is 0 Å². The molecule has 24 heavy (non-hydrogen) atoms. The molecule has 1 aromatic rings. The van der Waals surface area contributed by atoms with E-state index in [1.165, 1.54) is 18.6 Å². The lowest BCUT2D eigenvalue weighted by Gasteiger charge is -2.32. The highest BCUT2D eigenvalue weighted by Gasteiger charge is 2.27. The zero-order chi connectivity index (χ0) is 16.9. The third kappa shape index (κ3) is 4.15. The van der Waals surface area contributed by atoms with Gasteiger partial charge in [0.2, 0.25) is 5.76 Å². The van der Waals surface area contributed by atoms with Crippen molar-refractivity contribution in [2.24, 2.45) is 0 Å². The maximum atomic E-state index is 12.3. The van der Waals surface area contributed by atoms with E-state index < -0.39 is 5.97 Å². The summed E-state index contributed by atoms with van der Waals surface area (Å²) in [6, 6.07) is 2.71. The minimum atomic E-state index is -1.17. The van der Waals surface area contributed by atoms with Crippen LogP contribution in [-0.2, 0) is 9.47 Å². The minimum Gasteiger partial charge on any atom is -0.475 e. The number of furan rings is 1. The summed E-state index contributed by atoms with van der Waals surface area (Å²) in [4.78, 5) is 24.8. The van der Waals surface area contributed by atoms with Crippen molar-refractivity contribution < 1.29 is 28.6 Å². The molecule has 3 rings (SSSR count). The molecule has 2 fully saturated rings. The van der Waals surface area contributed by atoms with Crippen LogP contribution in [0.1, 0.15) is 53.2 Å². The van der Waals surface area contributed by atoms with Gasteiger partial charge in [-0.15, -0.1) is 0 Å². The molecule has 7 heteroatoms. The summed E-state index contributed by atoms with van der Waals surface area (Å²) >= 11 is 0. The van der Waals surface area contributed by atoms with E-state index in [1.54, 1.807) is 4.90 Å². The van der Waals surface area contributed by atoms with E-state index in [0.29, 0.717) is 19.7 Å². The lowest BCUT2D eigenvalue weighted by atomic mass is 10.1. The lowest BCUT2D eigenvalue weighted by Crippen LogP contribution is -2.41. The van der Waals surface area contributed by atoms with Gasteiger partial charge < -0.3 is 23.9 Å². The number of ether oxygens (including phenoxy) is 2. The van der Waals surface area contributed by atoms with Crippen LogP contribution in [0.4, 0.5) is 0 Å². The van der Waals surface area contributed by atoms with Gasteiger partial charge in [-0.05, 0) is 44.2 Å². The van der Waals surface area contributed by atoms with Gasteiger partial charge in [-0.25, -0.2) is 4.79 Å². The van der Waals surface area contributed by atoms with Gasteiger partial charge in [-0.3, -0.25) is 4.79 Å². The molecule has 2 saturated heterocycles. The smallest absolute Gasteiger partial charge is 0.371 e. The van der Waals surface area contributed by atoms with Crippen LogP contribution < -0.4 is 0 Å². The van der Waals surface area contributed by atoms with Gasteiger partial charge in [-0.1, -0.05) is 0 Å². The lowest BCUT2D eigenvalue weighted by molar-refractivity contribution is -0.0734. The fourth-order valence-electron chi connectivity index (χ4n) is 3.13. The van der Waals surface area contributed by atoms with Gasteiger partial charge in [0.15, 0.2) is 5.76 Å². The fraction of sp³-hybridized carbons (Fsp3) is 0.647. The number of nitrogens with zero attached hydrogens (tertiary/aromatic N) is 1. The molecule has 0 bridgehead atoms. The second-order valence-corrected chi connectivity index (χ2v) is 6.28. The number of amides is 1. The number of carboxylic acid groups (broad SMARTS) is 1.